The Balaban J connectivity index is 1.49. The predicted octanol–water partition coefficient (Wildman–Crippen LogP) is 3.16. The molecule has 1 amide bonds. The first-order valence-corrected chi connectivity index (χ1v) is 11.3. The monoisotopic (exact) mass is 416 g/mol. The molecule has 1 aromatic carbocycles. The Morgan fingerprint density at radius 1 is 1.27 bits per heavy atom. The quantitative estimate of drug-likeness (QED) is 0.528. The molecule has 2 saturated heterocycles. The molecule has 2 aliphatic rings. The van der Waals surface area contributed by atoms with E-state index in [1.165, 1.54) is 19.8 Å². The fourth-order valence-electron chi connectivity index (χ4n) is 3.96. The number of benzene rings is 1. The summed E-state index contributed by atoms with van der Waals surface area (Å²) in [4.78, 5) is 18.4. The third-order valence-electron chi connectivity index (χ3n) is 5.53. The number of ether oxygens (including phenoxy) is 2. The van der Waals surface area contributed by atoms with Gasteiger partial charge in [0.1, 0.15) is 0 Å². The van der Waals surface area contributed by atoms with Gasteiger partial charge in [0.2, 0.25) is 5.91 Å². The molecule has 1 unspecified atom stereocenters. The molecule has 2 N–H and O–H groups in total. The van der Waals surface area contributed by atoms with E-state index >= 15 is 0 Å². The number of amides is 1. The van der Waals surface area contributed by atoms with Crippen LogP contribution in [0.2, 0.25) is 0 Å². The molecule has 2 aliphatic heterocycles. The second kappa shape index (κ2) is 11.9. The van der Waals surface area contributed by atoms with Gasteiger partial charge in [0.05, 0.1) is 25.4 Å². The van der Waals surface area contributed by atoms with Crippen LogP contribution < -0.4 is 10.6 Å². The smallest absolute Gasteiger partial charge is 0.221 e. The van der Waals surface area contributed by atoms with Gasteiger partial charge in [0.25, 0.3) is 0 Å². The molecule has 1 atom stereocenters. The zero-order valence-electron chi connectivity index (χ0n) is 18.4. The lowest BCUT2D eigenvalue weighted by Crippen LogP contribution is -2.47. The van der Waals surface area contributed by atoms with Gasteiger partial charge in [-0.25, -0.2) is 4.99 Å². The fraction of sp³-hybridized carbons (Fsp3) is 0.652. The molecule has 1 aromatic rings. The fourth-order valence-corrected chi connectivity index (χ4v) is 3.96. The Morgan fingerprint density at radius 3 is 2.80 bits per heavy atom. The van der Waals surface area contributed by atoms with Gasteiger partial charge in [-0.1, -0.05) is 12.1 Å². The molecule has 30 heavy (non-hydrogen) atoms. The number of hydrogen-bond donors (Lipinski definition) is 2. The van der Waals surface area contributed by atoms with E-state index in [4.69, 9.17) is 14.5 Å². The molecule has 7 heteroatoms. The summed E-state index contributed by atoms with van der Waals surface area (Å²) in [5.74, 6) is 0.876. The first kappa shape index (κ1) is 22.6. The van der Waals surface area contributed by atoms with Crippen LogP contribution in [-0.2, 0) is 20.8 Å². The van der Waals surface area contributed by atoms with E-state index in [0.717, 1.165) is 69.3 Å². The van der Waals surface area contributed by atoms with Crippen LogP contribution in [0.1, 0.15) is 51.5 Å². The molecule has 0 spiro atoms. The molecule has 0 radical (unpaired) electrons. The van der Waals surface area contributed by atoms with Crippen molar-refractivity contribution in [1.29, 1.82) is 0 Å². The van der Waals surface area contributed by atoms with Crippen molar-refractivity contribution in [2.24, 2.45) is 4.99 Å². The molecule has 0 aliphatic carbocycles. The Kier molecular flexibility index (Phi) is 8.96. The lowest BCUT2D eigenvalue weighted by molar-refractivity contribution is -0.114. The summed E-state index contributed by atoms with van der Waals surface area (Å²) in [6.45, 7) is 8.50. The minimum Gasteiger partial charge on any atom is -0.376 e. The summed E-state index contributed by atoms with van der Waals surface area (Å²) in [5.41, 5.74) is 1.88. The van der Waals surface area contributed by atoms with Gasteiger partial charge in [-0.05, 0) is 56.7 Å². The lowest BCUT2D eigenvalue weighted by Gasteiger charge is -2.35. The molecule has 7 nitrogen and oxygen atoms in total. The second-order valence-corrected chi connectivity index (χ2v) is 8.06. The Morgan fingerprint density at radius 2 is 2.10 bits per heavy atom. The first-order chi connectivity index (χ1) is 14.6. The van der Waals surface area contributed by atoms with Crippen LogP contribution in [0, 0.1) is 0 Å². The van der Waals surface area contributed by atoms with E-state index in [2.05, 4.69) is 22.5 Å². The van der Waals surface area contributed by atoms with Crippen molar-refractivity contribution >= 4 is 17.6 Å². The highest BCUT2D eigenvalue weighted by atomic mass is 16.5. The number of nitrogens with one attached hydrogen (secondary N) is 2. The number of rotatable bonds is 7. The summed E-state index contributed by atoms with van der Waals surface area (Å²) in [6.07, 6.45) is 6.17. The van der Waals surface area contributed by atoms with E-state index in [0.29, 0.717) is 12.6 Å². The SMILES string of the molecule is CCNC(=NCc1cccc(NC(C)=O)c1)N1CCC(OCC2CCCCO2)CC1. The Bertz CT molecular complexity index is 695. The van der Waals surface area contributed by atoms with Crippen LogP contribution in [0.3, 0.4) is 0 Å². The van der Waals surface area contributed by atoms with Gasteiger partial charge >= 0.3 is 0 Å². The van der Waals surface area contributed by atoms with Crippen molar-refractivity contribution in [3.05, 3.63) is 29.8 Å². The summed E-state index contributed by atoms with van der Waals surface area (Å²) in [6, 6.07) is 7.85. The zero-order chi connectivity index (χ0) is 21.2. The van der Waals surface area contributed by atoms with Gasteiger partial charge in [0.15, 0.2) is 5.96 Å². The average Bonchev–Trinajstić information content (AvgIpc) is 2.76. The molecule has 2 fully saturated rings. The van der Waals surface area contributed by atoms with Crippen molar-refractivity contribution < 1.29 is 14.3 Å². The van der Waals surface area contributed by atoms with Gasteiger partial charge < -0.3 is 25.0 Å². The van der Waals surface area contributed by atoms with Gasteiger partial charge in [-0.3, -0.25) is 4.79 Å². The number of hydrogen-bond acceptors (Lipinski definition) is 4. The van der Waals surface area contributed by atoms with Crippen molar-refractivity contribution in [2.45, 2.75) is 64.7 Å². The topological polar surface area (TPSA) is 75.2 Å². The summed E-state index contributed by atoms with van der Waals surface area (Å²) >= 11 is 0. The number of nitrogens with zero attached hydrogens (tertiary/aromatic N) is 2. The molecule has 2 heterocycles. The van der Waals surface area contributed by atoms with Crippen molar-refractivity contribution in [3.63, 3.8) is 0 Å². The summed E-state index contributed by atoms with van der Waals surface area (Å²) in [5, 5.41) is 6.24. The minimum atomic E-state index is -0.0656. The highest BCUT2D eigenvalue weighted by molar-refractivity contribution is 5.88. The van der Waals surface area contributed by atoms with E-state index in [1.54, 1.807) is 0 Å². The molecule has 0 bridgehead atoms. The van der Waals surface area contributed by atoms with Gasteiger partial charge in [-0.15, -0.1) is 0 Å². The maximum Gasteiger partial charge on any atom is 0.221 e. The van der Waals surface area contributed by atoms with Gasteiger partial charge in [0, 0.05) is 38.9 Å². The molecule has 166 valence electrons. The van der Waals surface area contributed by atoms with E-state index < -0.39 is 0 Å². The number of anilines is 1. The highest BCUT2D eigenvalue weighted by Gasteiger charge is 2.23. The minimum absolute atomic E-state index is 0.0656. The molecule has 3 rings (SSSR count). The summed E-state index contributed by atoms with van der Waals surface area (Å²) in [7, 11) is 0. The molecular formula is C23H36N4O3. The van der Waals surface area contributed by atoms with E-state index in [9.17, 15) is 4.79 Å². The Labute approximate surface area is 180 Å². The molecular weight excluding hydrogens is 380 g/mol. The maximum atomic E-state index is 11.3. The average molecular weight is 417 g/mol. The Hall–Kier alpha value is -2.12. The molecule has 0 saturated carbocycles. The largest absolute Gasteiger partial charge is 0.376 e. The van der Waals surface area contributed by atoms with Crippen molar-refractivity contribution in [3.8, 4) is 0 Å². The van der Waals surface area contributed by atoms with Crippen molar-refractivity contribution in [1.82, 2.24) is 10.2 Å². The van der Waals surface area contributed by atoms with E-state index in [-0.39, 0.29) is 12.0 Å². The highest BCUT2D eigenvalue weighted by Crippen LogP contribution is 2.18. The number of carbonyl (C=O) groups is 1. The van der Waals surface area contributed by atoms with Crippen molar-refractivity contribution in [2.75, 3.05) is 38.2 Å². The number of likely N-dealkylation sites (tertiary alicyclic amines) is 1. The number of carbonyl (C=O) groups excluding carboxylic acids is 1. The second-order valence-electron chi connectivity index (χ2n) is 8.06. The number of guanidine groups is 1. The maximum absolute atomic E-state index is 11.3. The zero-order valence-corrected chi connectivity index (χ0v) is 18.4. The van der Waals surface area contributed by atoms with Crippen LogP contribution >= 0.6 is 0 Å². The lowest BCUT2D eigenvalue weighted by atomic mass is 10.1. The van der Waals surface area contributed by atoms with Crippen LogP contribution in [-0.4, -0.2) is 61.8 Å². The molecule has 0 aromatic heterocycles. The van der Waals surface area contributed by atoms with Crippen LogP contribution in [0.25, 0.3) is 0 Å². The standard InChI is InChI=1S/C23H36N4O3/c1-3-24-23(25-16-19-7-6-8-20(15-19)26-18(2)28)27-12-10-21(11-13-27)30-17-22-9-4-5-14-29-22/h6-8,15,21-22H,3-5,9-14,16-17H2,1-2H3,(H,24,25)(H,26,28). The van der Waals surface area contributed by atoms with Crippen LogP contribution in [0.5, 0.6) is 0 Å². The normalized spacial score (nSPS) is 20.8. The van der Waals surface area contributed by atoms with Crippen LogP contribution in [0.15, 0.2) is 29.3 Å². The number of aliphatic imine (C=N–C) groups is 1. The van der Waals surface area contributed by atoms with Crippen LogP contribution in [0.4, 0.5) is 5.69 Å². The number of piperidine rings is 1. The van der Waals surface area contributed by atoms with Gasteiger partial charge in [-0.2, -0.15) is 0 Å². The first-order valence-electron chi connectivity index (χ1n) is 11.3. The summed E-state index contributed by atoms with van der Waals surface area (Å²) < 4.78 is 11.9. The predicted molar refractivity (Wildman–Crippen MR) is 120 cm³/mol. The van der Waals surface area contributed by atoms with E-state index in [1.807, 2.05) is 24.3 Å². The third kappa shape index (κ3) is 7.29. The third-order valence-corrected chi connectivity index (χ3v) is 5.53.